The summed E-state index contributed by atoms with van der Waals surface area (Å²) in [4.78, 5) is 2.00. The zero-order valence-electron chi connectivity index (χ0n) is 6.84. The summed E-state index contributed by atoms with van der Waals surface area (Å²) in [6.45, 7) is 3.21. The molecule has 1 rings (SSSR count). The molecule has 64 valence electrons. The number of nitrogens with zero attached hydrogens (tertiary/aromatic N) is 1. The Morgan fingerprint density at radius 3 is 3.27 bits per heavy atom. The average molecular weight is 157 g/mol. The summed E-state index contributed by atoms with van der Waals surface area (Å²) in [5.41, 5.74) is 0. The molecule has 11 heavy (non-hydrogen) atoms. The zero-order valence-corrected chi connectivity index (χ0v) is 6.84. The third-order valence-corrected chi connectivity index (χ3v) is 1.88. The van der Waals surface area contributed by atoms with E-state index in [1.54, 1.807) is 0 Å². The van der Waals surface area contributed by atoms with Crippen LogP contribution in [0.4, 0.5) is 0 Å². The SMILES string of the molecule is CNCC1COCCN1C=N. The highest BCUT2D eigenvalue weighted by atomic mass is 16.5. The van der Waals surface area contributed by atoms with Crippen molar-refractivity contribution in [2.45, 2.75) is 6.04 Å². The van der Waals surface area contributed by atoms with Gasteiger partial charge in [-0.05, 0) is 7.05 Å². The Morgan fingerprint density at radius 2 is 2.64 bits per heavy atom. The number of morpholine rings is 1. The van der Waals surface area contributed by atoms with Crippen LogP contribution in [0.2, 0.25) is 0 Å². The minimum absolute atomic E-state index is 0.339. The fourth-order valence-electron chi connectivity index (χ4n) is 1.25. The van der Waals surface area contributed by atoms with Gasteiger partial charge in [0.1, 0.15) is 0 Å². The third kappa shape index (κ3) is 2.17. The molecule has 1 aliphatic rings. The Morgan fingerprint density at radius 1 is 1.82 bits per heavy atom. The van der Waals surface area contributed by atoms with E-state index in [4.69, 9.17) is 10.1 Å². The van der Waals surface area contributed by atoms with Crippen molar-refractivity contribution in [1.29, 1.82) is 5.41 Å². The van der Waals surface area contributed by atoms with E-state index < -0.39 is 0 Å². The molecule has 0 aromatic carbocycles. The van der Waals surface area contributed by atoms with Crippen molar-refractivity contribution in [3.8, 4) is 0 Å². The highest BCUT2D eigenvalue weighted by Gasteiger charge is 2.18. The van der Waals surface area contributed by atoms with Gasteiger partial charge in [0.2, 0.25) is 0 Å². The quantitative estimate of drug-likeness (QED) is 0.429. The number of hydrogen-bond donors (Lipinski definition) is 2. The van der Waals surface area contributed by atoms with Crippen molar-refractivity contribution in [1.82, 2.24) is 10.2 Å². The maximum Gasteiger partial charge on any atom is 0.0821 e. The summed E-state index contributed by atoms with van der Waals surface area (Å²) < 4.78 is 5.28. The summed E-state index contributed by atoms with van der Waals surface area (Å²) >= 11 is 0. The van der Waals surface area contributed by atoms with Crippen LogP contribution in [0.25, 0.3) is 0 Å². The van der Waals surface area contributed by atoms with E-state index in [0.29, 0.717) is 6.04 Å². The van der Waals surface area contributed by atoms with Gasteiger partial charge in [0.25, 0.3) is 0 Å². The van der Waals surface area contributed by atoms with Crippen molar-refractivity contribution >= 4 is 6.34 Å². The lowest BCUT2D eigenvalue weighted by molar-refractivity contribution is 0.0294. The van der Waals surface area contributed by atoms with Gasteiger partial charge in [-0.25, -0.2) is 0 Å². The molecule has 0 bridgehead atoms. The van der Waals surface area contributed by atoms with E-state index in [-0.39, 0.29) is 0 Å². The number of likely N-dealkylation sites (N-methyl/N-ethyl adjacent to an activating group) is 1. The van der Waals surface area contributed by atoms with Gasteiger partial charge < -0.3 is 15.0 Å². The highest BCUT2D eigenvalue weighted by Crippen LogP contribution is 2.02. The maximum absolute atomic E-state index is 7.12. The van der Waals surface area contributed by atoms with E-state index in [0.717, 1.165) is 26.3 Å². The summed E-state index contributed by atoms with van der Waals surface area (Å²) in [6, 6.07) is 0.339. The van der Waals surface area contributed by atoms with E-state index in [1.165, 1.54) is 6.34 Å². The molecule has 0 radical (unpaired) electrons. The van der Waals surface area contributed by atoms with Gasteiger partial charge in [0.05, 0.1) is 25.6 Å². The fraction of sp³-hybridized carbons (Fsp3) is 0.857. The predicted molar refractivity (Wildman–Crippen MR) is 44.0 cm³/mol. The fourth-order valence-corrected chi connectivity index (χ4v) is 1.25. The van der Waals surface area contributed by atoms with Gasteiger partial charge >= 0.3 is 0 Å². The summed E-state index contributed by atoms with van der Waals surface area (Å²) in [5.74, 6) is 0. The standard InChI is InChI=1S/C7H15N3O/c1-9-4-7-5-11-3-2-10(7)6-8/h6-9H,2-5H2,1H3. The van der Waals surface area contributed by atoms with Crippen LogP contribution in [0.3, 0.4) is 0 Å². The Balaban J connectivity index is 2.37. The maximum atomic E-state index is 7.12. The number of rotatable bonds is 3. The largest absolute Gasteiger partial charge is 0.377 e. The molecule has 0 amide bonds. The third-order valence-electron chi connectivity index (χ3n) is 1.88. The van der Waals surface area contributed by atoms with E-state index >= 15 is 0 Å². The molecule has 1 saturated heterocycles. The topological polar surface area (TPSA) is 48.4 Å². The zero-order chi connectivity index (χ0) is 8.10. The molecule has 0 aromatic heterocycles. The van der Waals surface area contributed by atoms with Crippen molar-refractivity contribution in [2.75, 3.05) is 33.4 Å². The van der Waals surface area contributed by atoms with Crippen molar-refractivity contribution in [2.24, 2.45) is 0 Å². The van der Waals surface area contributed by atoms with Gasteiger partial charge in [-0.1, -0.05) is 0 Å². The molecule has 1 unspecified atom stereocenters. The Kier molecular flexibility index (Phi) is 3.32. The van der Waals surface area contributed by atoms with Gasteiger partial charge in [0, 0.05) is 13.1 Å². The number of nitrogens with one attached hydrogen (secondary N) is 2. The monoisotopic (exact) mass is 157 g/mol. The molecule has 1 aliphatic heterocycles. The number of ether oxygens (including phenoxy) is 1. The average Bonchev–Trinajstić information content (AvgIpc) is 2.06. The van der Waals surface area contributed by atoms with E-state index in [9.17, 15) is 0 Å². The van der Waals surface area contributed by atoms with Crippen LogP contribution >= 0.6 is 0 Å². The lowest BCUT2D eigenvalue weighted by atomic mass is 10.2. The van der Waals surface area contributed by atoms with Crippen LogP contribution in [0.15, 0.2) is 0 Å². The van der Waals surface area contributed by atoms with Crippen LogP contribution in [0.1, 0.15) is 0 Å². The molecule has 1 atom stereocenters. The van der Waals surface area contributed by atoms with Crippen molar-refractivity contribution in [3.63, 3.8) is 0 Å². The van der Waals surface area contributed by atoms with Gasteiger partial charge in [-0.3, -0.25) is 5.41 Å². The summed E-state index contributed by atoms with van der Waals surface area (Å²) in [6.07, 6.45) is 1.39. The Bertz CT molecular complexity index is 127. The van der Waals surface area contributed by atoms with Gasteiger partial charge in [-0.15, -0.1) is 0 Å². The second-order valence-electron chi connectivity index (χ2n) is 2.65. The lowest BCUT2D eigenvalue weighted by Crippen LogP contribution is -2.48. The molecule has 2 N–H and O–H groups in total. The first-order chi connectivity index (χ1) is 5.38. The van der Waals surface area contributed by atoms with Crippen molar-refractivity contribution in [3.05, 3.63) is 0 Å². The second kappa shape index (κ2) is 4.31. The van der Waals surface area contributed by atoms with Crippen LogP contribution in [-0.4, -0.2) is 50.6 Å². The molecule has 4 nitrogen and oxygen atoms in total. The molecule has 1 heterocycles. The minimum Gasteiger partial charge on any atom is -0.377 e. The smallest absolute Gasteiger partial charge is 0.0821 e. The molecule has 0 spiro atoms. The highest BCUT2D eigenvalue weighted by molar-refractivity contribution is 5.51. The van der Waals surface area contributed by atoms with Crippen molar-refractivity contribution < 1.29 is 4.74 Å². The summed E-state index contributed by atoms with van der Waals surface area (Å²) in [7, 11) is 1.91. The van der Waals surface area contributed by atoms with Gasteiger partial charge in [0.15, 0.2) is 0 Å². The molecular weight excluding hydrogens is 142 g/mol. The first-order valence-electron chi connectivity index (χ1n) is 3.87. The predicted octanol–water partition coefficient (Wildman–Crippen LogP) is -0.486. The second-order valence-corrected chi connectivity index (χ2v) is 2.65. The summed E-state index contributed by atoms with van der Waals surface area (Å²) in [5, 5.41) is 10.2. The minimum atomic E-state index is 0.339. The van der Waals surface area contributed by atoms with Gasteiger partial charge in [-0.2, -0.15) is 0 Å². The molecular formula is C7H15N3O. The van der Waals surface area contributed by atoms with Crippen LogP contribution in [-0.2, 0) is 4.74 Å². The Labute approximate surface area is 67.0 Å². The van der Waals surface area contributed by atoms with Crippen LogP contribution < -0.4 is 5.32 Å². The van der Waals surface area contributed by atoms with E-state index in [2.05, 4.69) is 5.32 Å². The Hall–Kier alpha value is -0.610. The first-order valence-corrected chi connectivity index (χ1v) is 3.87. The molecule has 0 saturated carbocycles. The van der Waals surface area contributed by atoms with Crippen LogP contribution in [0.5, 0.6) is 0 Å². The van der Waals surface area contributed by atoms with Crippen LogP contribution in [0, 0.1) is 5.41 Å². The molecule has 0 aromatic rings. The first kappa shape index (κ1) is 8.49. The van der Waals surface area contributed by atoms with E-state index in [1.807, 2.05) is 11.9 Å². The molecule has 4 heteroatoms. The molecule has 0 aliphatic carbocycles. The number of hydrogen-bond acceptors (Lipinski definition) is 3. The lowest BCUT2D eigenvalue weighted by Gasteiger charge is -2.33. The normalized spacial score (nSPS) is 25.2. The molecule has 1 fully saturated rings.